The number of nitrogens with zero attached hydrogens (tertiary/aromatic N) is 1. The first-order chi connectivity index (χ1) is 16.1. The van der Waals surface area contributed by atoms with Crippen molar-refractivity contribution in [1.29, 1.82) is 0 Å². The van der Waals surface area contributed by atoms with Crippen molar-refractivity contribution in [2.45, 2.75) is 37.8 Å². The van der Waals surface area contributed by atoms with Crippen LogP contribution < -0.4 is 0 Å². The third-order valence-electron chi connectivity index (χ3n) is 6.39. The number of aliphatic carboxylic acids is 1. The van der Waals surface area contributed by atoms with Gasteiger partial charge >= 0.3 is 5.97 Å². The van der Waals surface area contributed by atoms with Crippen LogP contribution in [0.5, 0.6) is 0 Å². The number of benzene rings is 2. The van der Waals surface area contributed by atoms with E-state index in [4.69, 9.17) is 0 Å². The molecule has 2 aromatic carbocycles. The molecule has 0 fully saturated rings. The number of H-pyrrole nitrogens is 1. The number of halogens is 2. The zero-order valence-corrected chi connectivity index (χ0v) is 18.5. The van der Waals surface area contributed by atoms with E-state index < -0.39 is 47.7 Å². The average Bonchev–Trinajstić information content (AvgIpc) is 3.15. The summed E-state index contributed by atoms with van der Waals surface area (Å²) in [6.45, 7) is 3.05. The maximum atomic E-state index is 13.9. The lowest BCUT2D eigenvalue weighted by Crippen LogP contribution is -2.49. The third-order valence-corrected chi connectivity index (χ3v) is 6.39. The van der Waals surface area contributed by atoms with Gasteiger partial charge in [-0.1, -0.05) is 32.0 Å². The largest absolute Gasteiger partial charge is 0.478 e. The molecule has 0 saturated carbocycles. The van der Waals surface area contributed by atoms with E-state index in [2.05, 4.69) is 4.98 Å². The Morgan fingerprint density at radius 1 is 1.15 bits per heavy atom. The Balaban J connectivity index is 1.99. The van der Waals surface area contributed by atoms with Gasteiger partial charge in [-0.2, -0.15) is 0 Å². The second-order valence-electron chi connectivity index (χ2n) is 8.92. The molecular formula is C25H24F2N2O5. The number of rotatable bonds is 5. The molecule has 3 aromatic rings. The molecule has 1 amide bonds. The summed E-state index contributed by atoms with van der Waals surface area (Å²) in [5, 5.41) is 30.6. The van der Waals surface area contributed by atoms with Crippen molar-refractivity contribution in [1.82, 2.24) is 9.88 Å². The average molecular weight is 470 g/mol. The van der Waals surface area contributed by atoms with E-state index in [-0.39, 0.29) is 17.6 Å². The van der Waals surface area contributed by atoms with Crippen LogP contribution in [0.2, 0.25) is 0 Å². The van der Waals surface area contributed by atoms with E-state index in [0.29, 0.717) is 16.8 Å². The Bertz CT molecular complexity index is 1310. The highest BCUT2D eigenvalue weighted by atomic mass is 19.2. The van der Waals surface area contributed by atoms with Crippen LogP contribution >= 0.6 is 0 Å². The van der Waals surface area contributed by atoms with E-state index in [1.54, 1.807) is 12.1 Å². The summed E-state index contributed by atoms with van der Waals surface area (Å²) in [5.41, 5.74) is 0.322. The van der Waals surface area contributed by atoms with Gasteiger partial charge < -0.3 is 25.2 Å². The number of carbonyl (C=O) groups is 2. The molecule has 2 atom stereocenters. The van der Waals surface area contributed by atoms with Gasteiger partial charge in [0, 0.05) is 34.1 Å². The van der Waals surface area contributed by atoms with Crippen LogP contribution in [0.4, 0.5) is 8.78 Å². The fourth-order valence-electron chi connectivity index (χ4n) is 4.70. The van der Waals surface area contributed by atoms with Crippen LogP contribution in [0.1, 0.15) is 41.9 Å². The van der Waals surface area contributed by atoms with E-state index in [0.717, 1.165) is 34.7 Å². The number of nitrogens with one attached hydrogen (secondary N) is 1. The highest BCUT2D eigenvalue weighted by Crippen LogP contribution is 2.44. The van der Waals surface area contributed by atoms with Crippen molar-refractivity contribution in [3.8, 4) is 0 Å². The van der Waals surface area contributed by atoms with Gasteiger partial charge in [0.15, 0.2) is 11.6 Å². The minimum Gasteiger partial charge on any atom is -0.478 e. The molecule has 0 bridgehead atoms. The number of amides is 1. The van der Waals surface area contributed by atoms with E-state index in [9.17, 15) is 33.7 Å². The molecule has 2 heterocycles. The molecule has 1 aliphatic rings. The summed E-state index contributed by atoms with van der Waals surface area (Å²) in [5.74, 6) is -4.40. The van der Waals surface area contributed by atoms with Crippen LogP contribution in [-0.4, -0.2) is 55.8 Å². The lowest BCUT2D eigenvalue weighted by Gasteiger charge is -2.41. The minimum atomic E-state index is -1.30. The van der Waals surface area contributed by atoms with Gasteiger partial charge in [-0.3, -0.25) is 4.79 Å². The predicted molar refractivity (Wildman–Crippen MR) is 121 cm³/mol. The van der Waals surface area contributed by atoms with Gasteiger partial charge in [0.2, 0.25) is 0 Å². The molecule has 178 valence electrons. The van der Waals surface area contributed by atoms with Crippen molar-refractivity contribution >= 4 is 28.4 Å². The second kappa shape index (κ2) is 8.66. The van der Waals surface area contributed by atoms with Crippen LogP contribution in [0.15, 0.2) is 48.7 Å². The Hall–Kier alpha value is -3.56. The van der Waals surface area contributed by atoms with Crippen molar-refractivity contribution in [3.63, 3.8) is 0 Å². The lowest BCUT2D eigenvalue weighted by molar-refractivity contribution is -0.130. The maximum absolute atomic E-state index is 13.9. The first-order valence-corrected chi connectivity index (χ1v) is 10.7. The van der Waals surface area contributed by atoms with Gasteiger partial charge in [-0.25, -0.2) is 13.6 Å². The number of carboxylic acid groups (broad SMARTS) is 1. The molecule has 0 radical (unpaired) electrons. The van der Waals surface area contributed by atoms with Gasteiger partial charge in [-0.05, 0) is 36.2 Å². The van der Waals surface area contributed by atoms with Crippen molar-refractivity contribution in [2.75, 3.05) is 6.61 Å². The molecule has 0 spiro atoms. The summed E-state index contributed by atoms with van der Waals surface area (Å²) < 4.78 is 27.4. The number of para-hydroxylation sites is 1. The quantitative estimate of drug-likeness (QED) is 0.456. The predicted octanol–water partition coefficient (Wildman–Crippen LogP) is 3.42. The maximum Gasteiger partial charge on any atom is 0.339 e. The van der Waals surface area contributed by atoms with E-state index >= 15 is 0 Å². The third kappa shape index (κ3) is 3.86. The van der Waals surface area contributed by atoms with Crippen LogP contribution in [0.3, 0.4) is 0 Å². The molecule has 0 saturated heterocycles. The fraction of sp³-hybridized carbons (Fsp3) is 0.280. The number of hydrogen-bond donors (Lipinski definition) is 4. The second-order valence-corrected chi connectivity index (χ2v) is 8.92. The topological polar surface area (TPSA) is 114 Å². The monoisotopic (exact) mass is 470 g/mol. The number of carbonyl (C=O) groups excluding carboxylic acids is 1. The van der Waals surface area contributed by atoms with Gasteiger partial charge in [0.1, 0.15) is 0 Å². The van der Waals surface area contributed by atoms with Gasteiger partial charge in [0.05, 0.1) is 24.0 Å². The minimum absolute atomic E-state index is 0.0960. The van der Waals surface area contributed by atoms with Crippen LogP contribution in [-0.2, 0) is 10.2 Å². The number of fused-ring (bicyclic) bond motifs is 3. The number of aromatic nitrogens is 1. The van der Waals surface area contributed by atoms with Gasteiger partial charge in [-0.15, -0.1) is 0 Å². The van der Waals surface area contributed by atoms with Gasteiger partial charge in [0.25, 0.3) is 5.91 Å². The Kier molecular flexibility index (Phi) is 6.01. The Morgan fingerprint density at radius 3 is 2.50 bits per heavy atom. The summed E-state index contributed by atoms with van der Waals surface area (Å²) in [6, 6.07) is 9.09. The first kappa shape index (κ1) is 23.6. The van der Waals surface area contributed by atoms with Crippen LogP contribution in [0.25, 0.3) is 16.5 Å². The molecule has 4 N–H and O–H groups in total. The van der Waals surface area contributed by atoms with E-state index in [1.807, 2.05) is 26.0 Å². The molecule has 9 heteroatoms. The number of aromatic amines is 1. The SMILES string of the molecule is CC1(C)c2c([nH]c3ccccc23)C(C(=O)O)=CN(C(=O)c2ccc(F)c(F)c2)[C@H]1CC(O)CO. The molecule has 1 aromatic heterocycles. The molecule has 1 unspecified atom stereocenters. The highest BCUT2D eigenvalue weighted by Gasteiger charge is 2.45. The fourth-order valence-corrected chi connectivity index (χ4v) is 4.70. The zero-order chi connectivity index (χ0) is 24.8. The molecule has 1 aliphatic heterocycles. The molecular weight excluding hydrogens is 446 g/mol. The summed E-state index contributed by atoms with van der Waals surface area (Å²) in [4.78, 5) is 30.1. The number of aliphatic hydroxyl groups excluding tert-OH is 2. The standard InChI is InChI=1S/C25H24F2N2O5/c1-25(2)20(10-14(31)12-30)29(23(32)13-7-8-17(26)18(27)9-13)11-16(24(33)34)22-21(25)15-5-3-4-6-19(15)28-22/h3-9,11,14,20,28,30-31H,10,12H2,1-2H3,(H,33,34)/t14?,20-/m0/s1. The highest BCUT2D eigenvalue weighted by molar-refractivity contribution is 6.17. The summed E-state index contributed by atoms with van der Waals surface area (Å²) >= 11 is 0. The molecule has 0 aliphatic carbocycles. The molecule has 7 nitrogen and oxygen atoms in total. The number of aliphatic hydroxyl groups is 2. The van der Waals surface area contributed by atoms with Crippen molar-refractivity contribution < 1.29 is 33.7 Å². The Morgan fingerprint density at radius 2 is 1.85 bits per heavy atom. The first-order valence-electron chi connectivity index (χ1n) is 10.7. The molecule has 4 rings (SSSR count). The zero-order valence-electron chi connectivity index (χ0n) is 18.5. The Labute approximate surface area is 193 Å². The number of carboxylic acids is 1. The summed E-state index contributed by atoms with van der Waals surface area (Å²) in [6.07, 6.45) is -0.150. The van der Waals surface area contributed by atoms with E-state index in [1.165, 1.54) is 0 Å². The van der Waals surface area contributed by atoms with Crippen molar-refractivity contribution in [3.05, 3.63) is 77.1 Å². The number of hydrogen-bond acceptors (Lipinski definition) is 4. The normalized spacial score (nSPS) is 18.2. The van der Waals surface area contributed by atoms with Crippen molar-refractivity contribution in [2.24, 2.45) is 0 Å². The van der Waals surface area contributed by atoms with Crippen LogP contribution in [0, 0.1) is 11.6 Å². The smallest absolute Gasteiger partial charge is 0.339 e. The molecule has 34 heavy (non-hydrogen) atoms. The summed E-state index contributed by atoms with van der Waals surface area (Å²) in [7, 11) is 0. The lowest BCUT2D eigenvalue weighted by atomic mass is 9.73.